The SMILES string of the molecule is COc1c(-c2nc3ccccc3o2)nc(N2Cc3ccccc3C2c2ccccc2)n(C)c1=O. The second kappa shape index (κ2) is 7.88. The van der Waals surface area contributed by atoms with E-state index in [4.69, 9.17) is 14.1 Å². The molecule has 0 fully saturated rings. The van der Waals surface area contributed by atoms with Gasteiger partial charge >= 0.3 is 0 Å². The minimum absolute atomic E-state index is 0.0830. The number of benzene rings is 3. The number of aromatic nitrogens is 3. The maximum atomic E-state index is 13.4. The minimum Gasteiger partial charge on any atom is -0.489 e. The van der Waals surface area contributed by atoms with Gasteiger partial charge in [-0.25, -0.2) is 9.97 Å². The van der Waals surface area contributed by atoms with Crippen molar-refractivity contribution in [2.24, 2.45) is 7.05 Å². The molecule has 2 aromatic heterocycles. The molecule has 3 aromatic carbocycles. The molecule has 5 aromatic rings. The zero-order chi connectivity index (χ0) is 23.2. The Morgan fingerprint density at radius 1 is 0.941 bits per heavy atom. The second-order valence-corrected chi connectivity index (χ2v) is 8.28. The van der Waals surface area contributed by atoms with Gasteiger partial charge in [-0.15, -0.1) is 0 Å². The van der Waals surface area contributed by atoms with Crippen LogP contribution in [0, 0.1) is 0 Å². The van der Waals surface area contributed by atoms with Gasteiger partial charge < -0.3 is 14.1 Å². The first-order valence-corrected chi connectivity index (χ1v) is 11.1. The summed E-state index contributed by atoms with van der Waals surface area (Å²) in [6.45, 7) is 0.620. The molecule has 1 unspecified atom stereocenters. The average molecular weight is 450 g/mol. The molecule has 0 spiro atoms. The van der Waals surface area contributed by atoms with Gasteiger partial charge in [-0.3, -0.25) is 9.36 Å². The summed E-state index contributed by atoms with van der Waals surface area (Å²) >= 11 is 0. The van der Waals surface area contributed by atoms with Crippen LogP contribution in [0.25, 0.3) is 22.7 Å². The summed E-state index contributed by atoms with van der Waals surface area (Å²) in [5.41, 5.74) is 4.83. The summed E-state index contributed by atoms with van der Waals surface area (Å²) in [7, 11) is 3.18. The van der Waals surface area contributed by atoms with Gasteiger partial charge in [0.2, 0.25) is 11.7 Å². The first kappa shape index (κ1) is 20.2. The molecule has 0 bridgehead atoms. The van der Waals surface area contributed by atoms with Crippen LogP contribution in [0.5, 0.6) is 5.75 Å². The van der Waals surface area contributed by atoms with Crippen molar-refractivity contribution in [2.45, 2.75) is 12.6 Å². The topological polar surface area (TPSA) is 73.4 Å². The van der Waals surface area contributed by atoms with E-state index in [1.807, 2.05) is 54.6 Å². The van der Waals surface area contributed by atoms with Gasteiger partial charge in [0.25, 0.3) is 11.4 Å². The minimum atomic E-state index is -0.299. The highest BCUT2D eigenvalue weighted by atomic mass is 16.5. The lowest BCUT2D eigenvalue weighted by Gasteiger charge is -2.28. The molecule has 0 radical (unpaired) electrons. The van der Waals surface area contributed by atoms with Gasteiger partial charge in [0.15, 0.2) is 11.3 Å². The molecule has 0 amide bonds. The maximum Gasteiger partial charge on any atom is 0.297 e. The van der Waals surface area contributed by atoms with E-state index in [0.29, 0.717) is 29.3 Å². The highest BCUT2D eigenvalue weighted by Crippen LogP contribution is 2.41. The molecule has 0 N–H and O–H groups in total. The van der Waals surface area contributed by atoms with Crippen LogP contribution >= 0.6 is 0 Å². The van der Waals surface area contributed by atoms with Crippen molar-refractivity contribution in [3.8, 4) is 17.3 Å². The molecule has 0 saturated carbocycles. The molecule has 6 rings (SSSR count). The third-order valence-corrected chi connectivity index (χ3v) is 6.30. The highest BCUT2D eigenvalue weighted by Gasteiger charge is 2.35. The van der Waals surface area contributed by atoms with Gasteiger partial charge in [-0.2, -0.15) is 0 Å². The van der Waals surface area contributed by atoms with Crippen molar-refractivity contribution in [1.29, 1.82) is 0 Å². The number of anilines is 1. The number of ether oxygens (including phenoxy) is 1. The standard InChI is InChI=1S/C27H22N4O3/c1-30-26(32)24(33-2)22(25-28-20-14-8-9-15-21(20)34-25)29-27(30)31-16-18-12-6-7-13-19(18)23(31)17-10-4-3-5-11-17/h3-15,23H,16H2,1-2H3. The number of nitrogens with zero attached hydrogens (tertiary/aromatic N) is 4. The number of fused-ring (bicyclic) bond motifs is 2. The Kier molecular flexibility index (Phi) is 4.69. The fourth-order valence-corrected chi connectivity index (χ4v) is 4.70. The predicted octanol–water partition coefficient (Wildman–Crippen LogP) is 4.71. The number of hydrogen-bond acceptors (Lipinski definition) is 6. The van der Waals surface area contributed by atoms with Crippen LogP contribution in [-0.4, -0.2) is 21.6 Å². The smallest absolute Gasteiger partial charge is 0.297 e. The monoisotopic (exact) mass is 450 g/mol. The van der Waals surface area contributed by atoms with E-state index >= 15 is 0 Å². The molecular weight excluding hydrogens is 428 g/mol. The normalized spacial score (nSPS) is 15.0. The second-order valence-electron chi connectivity index (χ2n) is 8.28. The van der Waals surface area contributed by atoms with Gasteiger partial charge in [0, 0.05) is 13.6 Å². The summed E-state index contributed by atoms with van der Waals surface area (Å²) in [4.78, 5) is 25.0. The fourth-order valence-electron chi connectivity index (χ4n) is 4.70. The van der Waals surface area contributed by atoms with E-state index < -0.39 is 0 Å². The van der Waals surface area contributed by atoms with Gasteiger partial charge in [-0.1, -0.05) is 66.7 Å². The lowest BCUT2D eigenvalue weighted by atomic mass is 9.98. The Bertz CT molecular complexity index is 1540. The average Bonchev–Trinajstić information content (AvgIpc) is 3.47. The zero-order valence-corrected chi connectivity index (χ0v) is 18.8. The lowest BCUT2D eigenvalue weighted by molar-refractivity contribution is 0.401. The Morgan fingerprint density at radius 3 is 2.47 bits per heavy atom. The van der Waals surface area contributed by atoms with E-state index in [1.54, 1.807) is 7.05 Å². The van der Waals surface area contributed by atoms with Crippen molar-refractivity contribution < 1.29 is 9.15 Å². The third kappa shape index (κ3) is 3.08. The predicted molar refractivity (Wildman–Crippen MR) is 130 cm³/mol. The number of rotatable bonds is 4. The molecule has 0 aliphatic carbocycles. The van der Waals surface area contributed by atoms with Crippen LogP contribution < -0.4 is 15.2 Å². The van der Waals surface area contributed by atoms with Crippen molar-refractivity contribution >= 4 is 17.0 Å². The van der Waals surface area contributed by atoms with Crippen molar-refractivity contribution in [1.82, 2.24) is 14.5 Å². The molecule has 1 aliphatic rings. The Hall–Kier alpha value is -4.39. The Labute approximate surface area is 195 Å². The van der Waals surface area contributed by atoms with E-state index in [2.05, 4.69) is 34.1 Å². The quantitative estimate of drug-likeness (QED) is 0.395. The zero-order valence-electron chi connectivity index (χ0n) is 18.8. The summed E-state index contributed by atoms with van der Waals surface area (Å²) in [5, 5.41) is 0. The van der Waals surface area contributed by atoms with E-state index in [-0.39, 0.29) is 23.2 Å². The Morgan fingerprint density at radius 2 is 1.68 bits per heavy atom. The lowest BCUT2D eigenvalue weighted by Crippen LogP contribution is -2.32. The molecule has 1 aliphatic heterocycles. The van der Waals surface area contributed by atoms with Crippen LogP contribution in [0.3, 0.4) is 0 Å². The van der Waals surface area contributed by atoms with Gasteiger partial charge in [-0.05, 0) is 28.8 Å². The molecule has 7 heteroatoms. The Balaban J connectivity index is 1.56. The van der Waals surface area contributed by atoms with Crippen LogP contribution in [0.15, 0.2) is 88.1 Å². The molecule has 34 heavy (non-hydrogen) atoms. The third-order valence-electron chi connectivity index (χ3n) is 6.30. The molecular formula is C27H22N4O3. The fraction of sp³-hybridized carbons (Fsp3) is 0.148. The van der Waals surface area contributed by atoms with E-state index in [0.717, 1.165) is 5.56 Å². The first-order chi connectivity index (χ1) is 16.7. The summed E-state index contributed by atoms with van der Waals surface area (Å²) in [5.74, 6) is 0.879. The summed E-state index contributed by atoms with van der Waals surface area (Å²) < 4.78 is 13.0. The molecule has 3 heterocycles. The van der Waals surface area contributed by atoms with Crippen molar-refractivity contribution in [3.05, 3.63) is 106 Å². The van der Waals surface area contributed by atoms with Gasteiger partial charge in [0.05, 0.1) is 13.2 Å². The van der Waals surface area contributed by atoms with Crippen molar-refractivity contribution in [2.75, 3.05) is 12.0 Å². The number of para-hydroxylation sites is 2. The van der Waals surface area contributed by atoms with Crippen LogP contribution in [0.2, 0.25) is 0 Å². The number of methoxy groups -OCH3 is 1. The summed E-state index contributed by atoms with van der Waals surface area (Å²) in [6, 6.07) is 26.0. The number of hydrogen-bond donors (Lipinski definition) is 0. The van der Waals surface area contributed by atoms with E-state index in [1.165, 1.54) is 22.8 Å². The number of oxazole rings is 1. The van der Waals surface area contributed by atoms with E-state index in [9.17, 15) is 4.79 Å². The molecule has 168 valence electrons. The van der Waals surface area contributed by atoms with Crippen LogP contribution in [-0.2, 0) is 13.6 Å². The summed E-state index contributed by atoms with van der Waals surface area (Å²) in [6.07, 6.45) is 0. The molecule has 7 nitrogen and oxygen atoms in total. The van der Waals surface area contributed by atoms with Gasteiger partial charge in [0.1, 0.15) is 5.52 Å². The van der Waals surface area contributed by atoms with Crippen LogP contribution in [0.1, 0.15) is 22.7 Å². The highest BCUT2D eigenvalue weighted by molar-refractivity contribution is 5.76. The largest absolute Gasteiger partial charge is 0.489 e. The van der Waals surface area contributed by atoms with Crippen LogP contribution in [0.4, 0.5) is 5.95 Å². The first-order valence-electron chi connectivity index (χ1n) is 11.1. The molecule has 1 atom stereocenters. The van der Waals surface area contributed by atoms with Crippen molar-refractivity contribution in [3.63, 3.8) is 0 Å². The maximum absolute atomic E-state index is 13.4. The molecule has 0 saturated heterocycles.